The number of carbonyl (C=O) groups excluding carboxylic acids is 1. The summed E-state index contributed by atoms with van der Waals surface area (Å²) in [7, 11) is 0. The van der Waals surface area contributed by atoms with Gasteiger partial charge in [-0.05, 0) is 46.7 Å². The minimum absolute atomic E-state index is 0.0224. The standard InChI is InChI=1S/C20H29N3OS/c1-7-23(13(2)3)11-10-21-19(24)18-16(6)22-20(25-18)17-9-8-14(4)12-15(17)5/h8-9,12-13H,7,10-11H2,1-6H3,(H,21,24). The Morgan fingerprint density at radius 2 is 2.00 bits per heavy atom. The second-order valence-corrected chi connectivity index (χ2v) is 7.73. The van der Waals surface area contributed by atoms with Crippen LogP contribution in [0.3, 0.4) is 0 Å². The minimum atomic E-state index is -0.0224. The number of nitrogens with zero attached hydrogens (tertiary/aromatic N) is 2. The molecule has 1 amide bonds. The highest BCUT2D eigenvalue weighted by molar-refractivity contribution is 7.17. The SMILES string of the molecule is CCN(CCNC(=O)c1sc(-c2ccc(C)cc2C)nc1C)C(C)C. The number of likely N-dealkylation sites (N-methyl/N-ethyl adjacent to an activating group) is 1. The monoisotopic (exact) mass is 359 g/mol. The van der Waals surface area contributed by atoms with Crippen LogP contribution in [0.2, 0.25) is 0 Å². The summed E-state index contributed by atoms with van der Waals surface area (Å²) in [6.07, 6.45) is 0. The number of benzene rings is 1. The Balaban J connectivity index is 2.07. The van der Waals surface area contributed by atoms with Gasteiger partial charge in [0.25, 0.3) is 5.91 Å². The molecule has 136 valence electrons. The van der Waals surface area contributed by atoms with Crippen LogP contribution in [0.15, 0.2) is 18.2 Å². The van der Waals surface area contributed by atoms with Crippen molar-refractivity contribution in [2.24, 2.45) is 0 Å². The van der Waals surface area contributed by atoms with E-state index in [0.29, 0.717) is 17.5 Å². The van der Waals surface area contributed by atoms with Crippen molar-refractivity contribution in [2.45, 2.75) is 47.6 Å². The van der Waals surface area contributed by atoms with Crippen LogP contribution in [0.25, 0.3) is 10.6 Å². The number of hydrogen-bond donors (Lipinski definition) is 1. The van der Waals surface area contributed by atoms with E-state index in [1.165, 1.54) is 22.5 Å². The highest BCUT2D eigenvalue weighted by Crippen LogP contribution is 2.30. The van der Waals surface area contributed by atoms with Gasteiger partial charge in [0.05, 0.1) is 5.69 Å². The molecule has 0 saturated carbocycles. The topological polar surface area (TPSA) is 45.2 Å². The van der Waals surface area contributed by atoms with Crippen molar-refractivity contribution in [3.63, 3.8) is 0 Å². The summed E-state index contributed by atoms with van der Waals surface area (Å²) >= 11 is 1.47. The lowest BCUT2D eigenvalue weighted by molar-refractivity contribution is 0.0949. The number of aryl methyl sites for hydroxylation is 3. The van der Waals surface area contributed by atoms with Crippen molar-refractivity contribution in [3.05, 3.63) is 39.9 Å². The average Bonchev–Trinajstić information content (AvgIpc) is 2.92. The van der Waals surface area contributed by atoms with Crippen molar-refractivity contribution in [1.29, 1.82) is 0 Å². The van der Waals surface area contributed by atoms with Crippen molar-refractivity contribution in [1.82, 2.24) is 15.2 Å². The molecule has 2 aromatic rings. The number of carbonyl (C=O) groups is 1. The van der Waals surface area contributed by atoms with E-state index >= 15 is 0 Å². The lowest BCUT2D eigenvalue weighted by Gasteiger charge is -2.24. The van der Waals surface area contributed by atoms with Crippen molar-refractivity contribution >= 4 is 17.2 Å². The van der Waals surface area contributed by atoms with Gasteiger partial charge in [-0.25, -0.2) is 4.98 Å². The molecule has 0 saturated heterocycles. The predicted molar refractivity (Wildman–Crippen MR) is 106 cm³/mol. The molecule has 0 aliphatic carbocycles. The van der Waals surface area contributed by atoms with E-state index in [1.807, 2.05) is 6.92 Å². The van der Waals surface area contributed by atoms with Gasteiger partial charge >= 0.3 is 0 Å². The summed E-state index contributed by atoms with van der Waals surface area (Å²) in [6, 6.07) is 6.82. The molecule has 0 bridgehead atoms. The van der Waals surface area contributed by atoms with E-state index in [2.05, 4.69) is 68.0 Å². The molecule has 0 atom stereocenters. The van der Waals surface area contributed by atoms with Gasteiger partial charge in [0, 0.05) is 24.7 Å². The minimum Gasteiger partial charge on any atom is -0.350 e. The van der Waals surface area contributed by atoms with Crippen LogP contribution in [0, 0.1) is 20.8 Å². The zero-order valence-electron chi connectivity index (χ0n) is 16.1. The van der Waals surface area contributed by atoms with Crippen LogP contribution in [-0.4, -0.2) is 41.5 Å². The zero-order chi connectivity index (χ0) is 18.6. The number of amides is 1. The van der Waals surface area contributed by atoms with Crippen LogP contribution in [-0.2, 0) is 0 Å². The van der Waals surface area contributed by atoms with Crippen LogP contribution in [0.1, 0.15) is 47.3 Å². The van der Waals surface area contributed by atoms with Gasteiger partial charge in [-0.2, -0.15) is 0 Å². The second-order valence-electron chi connectivity index (χ2n) is 6.73. The van der Waals surface area contributed by atoms with Crippen LogP contribution < -0.4 is 5.32 Å². The first-order chi connectivity index (χ1) is 11.8. The highest BCUT2D eigenvalue weighted by Gasteiger charge is 2.17. The van der Waals surface area contributed by atoms with Crippen LogP contribution >= 0.6 is 11.3 Å². The summed E-state index contributed by atoms with van der Waals surface area (Å²) < 4.78 is 0. The molecular weight excluding hydrogens is 330 g/mol. The number of nitrogens with one attached hydrogen (secondary N) is 1. The fourth-order valence-electron chi connectivity index (χ4n) is 2.95. The first kappa shape index (κ1) is 19.6. The largest absolute Gasteiger partial charge is 0.350 e. The van der Waals surface area contributed by atoms with E-state index in [-0.39, 0.29) is 5.91 Å². The molecule has 0 aliphatic heterocycles. The Hall–Kier alpha value is -1.72. The number of hydrogen-bond acceptors (Lipinski definition) is 4. The third-order valence-corrected chi connectivity index (χ3v) is 5.63. The molecule has 0 fully saturated rings. The summed E-state index contributed by atoms with van der Waals surface area (Å²) in [6.45, 7) is 15.1. The molecule has 0 unspecified atom stereocenters. The Morgan fingerprint density at radius 3 is 2.60 bits per heavy atom. The molecule has 0 radical (unpaired) electrons. The maximum Gasteiger partial charge on any atom is 0.263 e. The van der Waals surface area contributed by atoms with Gasteiger partial charge in [0.15, 0.2) is 0 Å². The number of aromatic nitrogens is 1. The van der Waals surface area contributed by atoms with Crippen LogP contribution in [0.5, 0.6) is 0 Å². The van der Waals surface area contributed by atoms with Crippen molar-refractivity contribution < 1.29 is 4.79 Å². The maximum absolute atomic E-state index is 12.5. The zero-order valence-corrected chi connectivity index (χ0v) is 17.0. The van der Waals surface area contributed by atoms with E-state index < -0.39 is 0 Å². The fourth-order valence-corrected chi connectivity index (χ4v) is 4.02. The summed E-state index contributed by atoms with van der Waals surface area (Å²) in [4.78, 5) is 20.2. The quantitative estimate of drug-likeness (QED) is 0.806. The highest BCUT2D eigenvalue weighted by atomic mass is 32.1. The molecule has 0 spiro atoms. The first-order valence-electron chi connectivity index (χ1n) is 8.90. The number of rotatable bonds is 7. The molecule has 4 nitrogen and oxygen atoms in total. The van der Waals surface area contributed by atoms with Gasteiger partial charge in [0.2, 0.25) is 0 Å². The van der Waals surface area contributed by atoms with Crippen molar-refractivity contribution in [2.75, 3.05) is 19.6 Å². The molecule has 25 heavy (non-hydrogen) atoms. The Kier molecular flexibility index (Phi) is 6.73. The molecule has 0 aliphatic rings. The van der Waals surface area contributed by atoms with E-state index in [1.54, 1.807) is 0 Å². The first-order valence-corrected chi connectivity index (χ1v) is 9.72. The molecular formula is C20H29N3OS. The molecule has 1 aromatic carbocycles. The molecule has 2 rings (SSSR count). The van der Waals surface area contributed by atoms with Gasteiger partial charge in [-0.15, -0.1) is 11.3 Å². The van der Waals surface area contributed by atoms with Crippen molar-refractivity contribution in [3.8, 4) is 10.6 Å². The Bertz CT molecular complexity index is 737. The molecule has 1 heterocycles. The van der Waals surface area contributed by atoms with E-state index in [9.17, 15) is 4.79 Å². The molecule has 5 heteroatoms. The third-order valence-electron chi connectivity index (χ3n) is 4.44. The third kappa shape index (κ3) is 4.89. The van der Waals surface area contributed by atoms with Gasteiger partial charge in [0.1, 0.15) is 9.88 Å². The molecule has 1 aromatic heterocycles. The van der Waals surface area contributed by atoms with E-state index in [4.69, 9.17) is 0 Å². The average molecular weight is 360 g/mol. The summed E-state index contributed by atoms with van der Waals surface area (Å²) in [5.41, 5.74) is 4.33. The normalized spacial score (nSPS) is 11.4. The van der Waals surface area contributed by atoms with Gasteiger partial charge in [-0.1, -0.05) is 30.7 Å². The second kappa shape index (κ2) is 8.59. The Labute approximate surface area is 155 Å². The lowest BCUT2D eigenvalue weighted by Crippen LogP contribution is -2.38. The number of thiazole rings is 1. The van der Waals surface area contributed by atoms with E-state index in [0.717, 1.165) is 29.4 Å². The summed E-state index contributed by atoms with van der Waals surface area (Å²) in [5, 5.41) is 3.95. The molecule has 1 N–H and O–H groups in total. The Morgan fingerprint density at radius 1 is 1.28 bits per heavy atom. The summed E-state index contributed by atoms with van der Waals surface area (Å²) in [5.74, 6) is -0.0224. The maximum atomic E-state index is 12.5. The lowest BCUT2D eigenvalue weighted by atomic mass is 10.1. The van der Waals surface area contributed by atoms with Crippen LogP contribution in [0.4, 0.5) is 0 Å². The predicted octanol–water partition coefficient (Wildman–Crippen LogP) is 4.20. The fraction of sp³-hybridized carbons (Fsp3) is 0.500. The van der Waals surface area contributed by atoms with Gasteiger partial charge < -0.3 is 5.32 Å². The smallest absolute Gasteiger partial charge is 0.263 e. The van der Waals surface area contributed by atoms with Gasteiger partial charge in [-0.3, -0.25) is 9.69 Å².